The summed E-state index contributed by atoms with van der Waals surface area (Å²) in [4.78, 5) is 61.0. The second kappa shape index (κ2) is 12.0. The highest BCUT2D eigenvalue weighted by Gasteiger charge is 2.54. The summed E-state index contributed by atoms with van der Waals surface area (Å²) in [5.74, 6) is -5.19. The van der Waals surface area contributed by atoms with E-state index in [0.717, 1.165) is 28.4 Å². The van der Waals surface area contributed by atoms with Crippen LogP contribution < -0.4 is 15.6 Å². The van der Waals surface area contributed by atoms with Crippen LogP contribution in [0.1, 0.15) is 17.4 Å². The number of β-lactam (4-membered cyclic amide) rings is 1. The van der Waals surface area contributed by atoms with E-state index in [1.54, 1.807) is 29.1 Å². The number of oxime groups is 1. The molecule has 2 aliphatic rings. The van der Waals surface area contributed by atoms with Crippen LogP contribution in [0.5, 0.6) is 11.5 Å². The van der Waals surface area contributed by atoms with Gasteiger partial charge in [-0.15, -0.1) is 23.1 Å². The van der Waals surface area contributed by atoms with Crippen LogP contribution in [0.3, 0.4) is 0 Å². The second-order valence-electron chi connectivity index (χ2n) is 9.25. The van der Waals surface area contributed by atoms with Gasteiger partial charge in [-0.05, 0) is 12.1 Å². The minimum atomic E-state index is -1.80. The van der Waals surface area contributed by atoms with Crippen molar-refractivity contribution in [3.63, 3.8) is 0 Å². The zero-order chi connectivity index (χ0) is 30.8. The lowest BCUT2D eigenvalue weighted by Crippen LogP contribution is -2.71. The van der Waals surface area contributed by atoms with E-state index in [-0.39, 0.29) is 34.4 Å². The molecule has 2 aliphatic heterocycles. The number of anilines is 1. The average molecular weight is 628 g/mol. The number of rotatable bonds is 10. The molecule has 0 aliphatic carbocycles. The van der Waals surface area contributed by atoms with Gasteiger partial charge in [-0.25, -0.2) is 19.1 Å². The number of benzene rings is 1. The van der Waals surface area contributed by atoms with Crippen LogP contribution in [0.2, 0.25) is 0 Å². The van der Waals surface area contributed by atoms with Gasteiger partial charge in [-0.3, -0.25) is 14.5 Å². The number of aromatic hydroxyl groups is 2. The smallest absolute Gasteiger partial charge is 0.352 e. The van der Waals surface area contributed by atoms with Crippen molar-refractivity contribution >= 4 is 57.7 Å². The lowest BCUT2D eigenvalue weighted by Gasteiger charge is -2.49. The van der Waals surface area contributed by atoms with Gasteiger partial charge in [-0.1, -0.05) is 17.3 Å². The van der Waals surface area contributed by atoms with E-state index in [1.165, 1.54) is 23.2 Å². The number of hydrogen-bond acceptors (Lipinski definition) is 12. The molecule has 2 amide bonds. The van der Waals surface area contributed by atoms with Crippen molar-refractivity contribution in [1.82, 2.24) is 15.2 Å². The molecule has 3 aromatic rings. The topological polar surface area (TPSA) is 229 Å². The van der Waals surface area contributed by atoms with Gasteiger partial charge in [0.25, 0.3) is 11.8 Å². The number of phenolic OH excluding ortho intramolecular Hbond substituents is 2. The SMILES string of the molecule is Nc1nc(C(=NOC(C(=O)O)c2ccc(O)c(O)c2)C(=O)N[C@@H]2C(=O)N3C(C(=O)O)=C(C[n+]4ccccc4)CS[C@H]23)cs1. The number of amides is 2. The van der Waals surface area contributed by atoms with E-state index >= 15 is 0 Å². The van der Waals surface area contributed by atoms with Crippen molar-refractivity contribution in [3.8, 4) is 11.5 Å². The van der Waals surface area contributed by atoms with E-state index in [1.807, 2.05) is 6.07 Å². The predicted octanol–water partition coefficient (Wildman–Crippen LogP) is 0.409. The number of thioether (sulfide) groups is 1. The maximum atomic E-state index is 13.4. The van der Waals surface area contributed by atoms with Crippen LogP contribution in [0.25, 0.3) is 0 Å². The number of carboxylic acid groups (broad SMARTS) is 2. The summed E-state index contributed by atoms with van der Waals surface area (Å²) in [5.41, 5.74) is 5.43. The largest absolute Gasteiger partial charge is 0.504 e. The molecule has 1 fully saturated rings. The molecule has 4 heterocycles. The molecule has 3 atom stereocenters. The predicted molar refractivity (Wildman–Crippen MR) is 151 cm³/mol. The minimum Gasteiger partial charge on any atom is -0.504 e. The molecule has 1 unspecified atom stereocenters. The number of nitrogen functional groups attached to an aromatic ring is 1. The Kier molecular flexibility index (Phi) is 8.18. The van der Waals surface area contributed by atoms with Crippen LogP contribution in [0, 0.1) is 0 Å². The van der Waals surface area contributed by atoms with Gasteiger partial charge >= 0.3 is 11.9 Å². The van der Waals surface area contributed by atoms with Crippen molar-refractivity contribution in [2.45, 2.75) is 24.1 Å². The van der Waals surface area contributed by atoms with Gasteiger partial charge in [0.1, 0.15) is 22.8 Å². The standard InChI is InChI=1S/C26H22N6O9S2/c27-26-28-14(11-43-26)17(30-41-20(25(39)40)12-4-5-15(33)16(34)8-12)21(35)29-18-22(36)32-19(24(37)38)13(10-42-23(18)32)9-31-6-2-1-3-7-31/h1-8,11,18,20,23H,9-10H2,(H6-,27,28,29,30,33,34,35,37,38,39,40)/p+1/t18-,20?,23-/m1/s1. The summed E-state index contributed by atoms with van der Waals surface area (Å²) in [6.45, 7) is 0.256. The van der Waals surface area contributed by atoms with E-state index in [0.29, 0.717) is 5.57 Å². The normalized spacial score (nSPS) is 18.8. The second-order valence-corrected chi connectivity index (χ2v) is 11.2. The van der Waals surface area contributed by atoms with Crippen molar-refractivity contribution < 1.29 is 49.0 Å². The van der Waals surface area contributed by atoms with E-state index in [4.69, 9.17) is 10.6 Å². The first-order chi connectivity index (χ1) is 20.5. The quantitative estimate of drug-likeness (QED) is 0.0590. The summed E-state index contributed by atoms with van der Waals surface area (Å²) in [6, 6.07) is 7.50. The summed E-state index contributed by atoms with van der Waals surface area (Å²) in [6.07, 6.45) is 1.75. The molecule has 5 rings (SSSR count). The number of aromatic nitrogens is 2. The minimum absolute atomic E-state index is 0.0640. The Morgan fingerprint density at radius 3 is 2.56 bits per heavy atom. The Labute approximate surface area is 250 Å². The summed E-state index contributed by atoms with van der Waals surface area (Å²) >= 11 is 2.25. The molecule has 222 valence electrons. The van der Waals surface area contributed by atoms with Crippen LogP contribution in [-0.4, -0.2) is 76.9 Å². The van der Waals surface area contributed by atoms with Crippen LogP contribution in [-0.2, 0) is 30.6 Å². The molecule has 0 saturated carbocycles. The fourth-order valence-electron chi connectivity index (χ4n) is 4.43. The number of thiazole rings is 1. The number of hydrogen-bond donors (Lipinski definition) is 6. The molecule has 2 aromatic heterocycles. The Morgan fingerprint density at radius 2 is 1.93 bits per heavy atom. The highest BCUT2D eigenvalue weighted by molar-refractivity contribution is 8.00. The van der Waals surface area contributed by atoms with Crippen molar-refractivity contribution in [2.24, 2.45) is 5.16 Å². The lowest BCUT2D eigenvalue weighted by molar-refractivity contribution is -0.689. The molecule has 0 spiro atoms. The number of aliphatic carboxylic acids is 2. The van der Waals surface area contributed by atoms with Gasteiger partial charge in [0.2, 0.25) is 6.10 Å². The number of pyridine rings is 1. The number of phenols is 2. The van der Waals surface area contributed by atoms with Crippen LogP contribution in [0.15, 0.2) is 70.6 Å². The van der Waals surface area contributed by atoms with Crippen molar-refractivity contribution in [3.05, 3.63) is 76.7 Å². The maximum absolute atomic E-state index is 13.4. The summed E-state index contributed by atoms with van der Waals surface area (Å²) < 4.78 is 1.79. The maximum Gasteiger partial charge on any atom is 0.352 e. The highest BCUT2D eigenvalue weighted by atomic mass is 32.2. The summed E-state index contributed by atoms with van der Waals surface area (Å²) in [7, 11) is 0. The molecule has 1 aromatic carbocycles. The first-order valence-electron chi connectivity index (χ1n) is 12.4. The molecule has 15 nitrogen and oxygen atoms in total. The van der Waals surface area contributed by atoms with Gasteiger partial charge in [0.05, 0.1) is 0 Å². The fourth-order valence-corrected chi connectivity index (χ4v) is 6.32. The van der Waals surface area contributed by atoms with Gasteiger partial charge in [0.15, 0.2) is 41.3 Å². The first-order valence-corrected chi connectivity index (χ1v) is 14.3. The van der Waals surface area contributed by atoms with Gasteiger partial charge in [-0.2, -0.15) is 0 Å². The molecule has 0 bridgehead atoms. The van der Waals surface area contributed by atoms with Gasteiger partial charge < -0.3 is 36.3 Å². The Balaban J connectivity index is 1.38. The molecule has 1 saturated heterocycles. The third kappa shape index (κ3) is 5.93. The molecular weight excluding hydrogens is 604 g/mol. The third-order valence-electron chi connectivity index (χ3n) is 6.44. The molecule has 7 N–H and O–H groups in total. The number of carboxylic acids is 2. The van der Waals surface area contributed by atoms with Crippen molar-refractivity contribution in [2.75, 3.05) is 11.5 Å². The van der Waals surface area contributed by atoms with E-state index in [2.05, 4.69) is 15.5 Å². The van der Waals surface area contributed by atoms with Gasteiger partial charge in [0, 0.05) is 34.4 Å². The van der Waals surface area contributed by atoms with E-state index in [9.17, 15) is 39.6 Å². The van der Waals surface area contributed by atoms with Crippen molar-refractivity contribution in [1.29, 1.82) is 0 Å². The average Bonchev–Trinajstić information content (AvgIpc) is 3.41. The molecular formula is C26H23N6O9S2+. The molecule has 0 radical (unpaired) electrons. The van der Waals surface area contributed by atoms with Crippen LogP contribution >= 0.6 is 23.1 Å². The molecule has 43 heavy (non-hydrogen) atoms. The zero-order valence-electron chi connectivity index (χ0n) is 21.9. The monoisotopic (exact) mass is 627 g/mol. The fraction of sp³-hybridized carbons (Fsp3) is 0.192. The number of nitrogens with zero attached hydrogens (tertiary/aromatic N) is 4. The number of fused-ring (bicyclic) bond motifs is 1. The number of nitrogens with one attached hydrogen (secondary N) is 1. The Morgan fingerprint density at radius 1 is 1.19 bits per heavy atom. The highest BCUT2D eigenvalue weighted by Crippen LogP contribution is 2.40. The molecule has 17 heteroatoms. The van der Waals surface area contributed by atoms with E-state index < -0.39 is 58.5 Å². The Hall–Kier alpha value is -5.16. The number of carbonyl (C=O) groups is 4. The zero-order valence-corrected chi connectivity index (χ0v) is 23.5. The summed E-state index contributed by atoms with van der Waals surface area (Å²) in [5, 5.41) is 45.9. The third-order valence-corrected chi connectivity index (χ3v) is 8.46. The number of nitrogens with two attached hydrogens (primary N) is 1. The van der Waals surface area contributed by atoms with Crippen LogP contribution in [0.4, 0.5) is 5.13 Å². The number of carbonyl (C=O) groups excluding carboxylic acids is 2. The first kappa shape index (κ1) is 29.3. The lowest BCUT2D eigenvalue weighted by atomic mass is 10.0. The Bertz CT molecular complexity index is 1680.